The summed E-state index contributed by atoms with van der Waals surface area (Å²) in [7, 11) is 0. The molecule has 0 spiro atoms. The van der Waals surface area contributed by atoms with Gasteiger partial charge in [0, 0.05) is 10.3 Å². The van der Waals surface area contributed by atoms with E-state index < -0.39 is 0 Å². The summed E-state index contributed by atoms with van der Waals surface area (Å²) in [6.07, 6.45) is 0. The molecule has 1 aliphatic carbocycles. The minimum atomic E-state index is 0.558. The smallest absolute Gasteiger partial charge is 0.0253 e. The maximum Gasteiger partial charge on any atom is 0.0253 e. The first kappa shape index (κ1) is 18.9. The van der Waals surface area contributed by atoms with Crippen molar-refractivity contribution in [3.8, 4) is 22.3 Å². The fourth-order valence-corrected chi connectivity index (χ4v) is 4.61. The number of hydrogen-bond donors (Lipinski definition) is 0. The monoisotopic (exact) mass is 474 g/mol. The average molecular weight is 474 g/mol. The van der Waals surface area contributed by atoms with Crippen molar-refractivity contribution in [1.82, 2.24) is 0 Å². The molecule has 0 aromatic heterocycles. The number of rotatable bonds is 2. The van der Waals surface area contributed by atoms with Crippen molar-refractivity contribution in [2.75, 3.05) is 0 Å². The summed E-state index contributed by atoms with van der Waals surface area (Å²) >= 11 is 2.41. The standard InChI is InChI=1S/C14H12.C13H11I/c1-10-11-6-2-4-8-13(11)14-9-5-3-7-12(10)14;14-10-12-8-4-5-9-13(12)11-6-2-1-3-7-11/h2-10H,1H3;1-9H,10H2. The van der Waals surface area contributed by atoms with Crippen molar-refractivity contribution < 1.29 is 0 Å². The number of fused-ring (bicyclic) bond motifs is 3. The Kier molecular flexibility index (Phi) is 5.92. The Balaban J connectivity index is 0.000000137. The predicted molar refractivity (Wildman–Crippen MR) is 129 cm³/mol. The van der Waals surface area contributed by atoms with Gasteiger partial charge in [0.2, 0.25) is 0 Å². The maximum absolute atomic E-state index is 2.41. The van der Waals surface area contributed by atoms with Crippen LogP contribution in [0.25, 0.3) is 22.3 Å². The van der Waals surface area contributed by atoms with Crippen molar-refractivity contribution >= 4 is 22.6 Å². The minimum absolute atomic E-state index is 0.558. The Morgan fingerprint density at radius 2 is 1.04 bits per heavy atom. The van der Waals surface area contributed by atoms with Crippen LogP contribution in [0.15, 0.2) is 103 Å². The minimum Gasteiger partial charge on any atom is -0.0812 e. The molecule has 0 unspecified atom stereocenters. The average Bonchev–Trinajstić information content (AvgIpc) is 3.08. The molecule has 0 saturated carbocycles. The van der Waals surface area contributed by atoms with E-state index in [9.17, 15) is 0 Å². The van der Waals surface area contributed by atoms with E-state index in [4.69, 9.17) is 0 Å². The van der Waals surface area contributed by atoms with E-state index >= 15 is 0 Å². The van der Waals surface area contributed by atoms with E-state index in [0.717, 1.165) is 4.43 Å². The second-order valence-corrected chi connectivity index (χ2v) is 7.82. The van der Waals surface area contributed by atoms with Crippen LogP contribution in [0.5, 0.6) is 0 Å². The fourth-order valence-electron chi connectivity index (χ4n) is 3.94. The van der Waals surface area contributed by atoms with Gasteiger partial charge < -0.3 is 0 Å². The molecule has 1 aliphatic rings. The lowest BCUT2D eigenvalue weighted by Gasteiger charge is -2.06. The van der Waals surface area contributed by atoms with E-state index in [1.54, 1.807) is 0 Å². The second-order valence-electron chi connectivity index (χ2n) is 7.05. The van der Waals surface area contributed by atoms with Crippen LogP contribution in [0, 0.1) is 0 Å². The molecule has 0 radical (unpaired) electrons. The van der Waals surface area contributed by atoms with E-state index in [1.165, 1.54) is 38.9 Å². The predicted octanol–water partition coefficient (Wildman–Crippen LogP) is 8.11. The number of halogens is 1. The summed E-state index contributed by atoms with van der Waals surface area (Å²) in [4.78, 5) is 0. The third-order valence-corrected chi connectivity index (χ3v) is 6.21. The van der Waals surface area contributed by atoms with Gasteiger partial charge in [-0.25, -0.2) is 0 Å². The SMILES string of the molecule is CC1c2ccccc2-c2ccccc21.ICc1ccccc1-c1ccccc1. The zero-order valence-corrected chi connectivity index (χ0v) is 18.1. The highest BCUT2D eigenvalue weighted by Crippen LogP contribution is 2.43. The molecule has 0 amide bonds. The van der Waals surface area contributed by atoms with Crippen LogP contribution < -0.4 is 0 Å². The first-order chi connectivity index (χ1) is 13.8. The van der Waals surface area contributed by atoms with Gasteiger partial charge in [-0.1, -0.05) is 133 Å². The summed E-state index contributed by atoms with van der Waals surface area (Å²) in [6.45, 7) is 2.28. The van der Waals surface area contributed by atoms with Gasteiger partial charge in [0.25, 0.3) is 0 Å². The van der Waals surface area contributed by atoms with Crippen molar-refractivity contribution in [3.63, 3.8) is 0 Å². The maximum atomic E-state index is 2.41. The summed E-state index contributed by atoms with van der Waals surface area (Å²) < 4.78 is 1.06. The lowest BCUT2D eigenvalue weighted by molar-refractivity contribution is 0.957. The van der Waals surface area contributed by atoms with E-state index in [0.29, 0.717) is 5.92 Å². The van der Waals surface area contributed by atoms with Gasteiger partial charge in [-0.15, -0.1) is 0 Å². The molecule has 0 nitrogen and oxygen atoms in total. The summed E-state index contributed by atoms with van der Waals surface area (Å²) in [6, 6.07) is 36.5. The van der Waals surface area contributed by atoms with Crippen molar-refractivity contribution in [2.45, 2.75) is 17.3 Å². The first-order valence-electron chi connectivity index (χ1n) is 9.67. The second kappa shape index (κ2) is 8.74. The van der Waals surface area contributed by atoms with Gasteiger partial charge in [0.05, 0.1) is 0 Å². The van der Waals surface area contributed by atoms with Crippen molar-refractivity contribution in [2.24, 2.45) is 0 Å². The Labute approximate surface area is 181 Å². The largest absolute Gasteiger partial charge is 0.0812 e. The van der Waals surface area contributed by atoms with Gasteiger partial charge in [-0.05, 0) is 38.9 Å². The Morgan fingerprint density at radius 3 is 1.61 bits per heavy atom. The van der Waals surface area contributed by atoms with Gasteiger partial charge in [0.1, 0.15) is 0 Å². The van der Waals surface area contributed by atoms with Crippen LogP contribution in [0.1, 0.15) is 29.5 Å². The van der Waals surface area contributed by atoms with Crippen LogP contribution in [0.3, 0.4) is 0 Å². The molecular weight excluding hydrogens is 451 g/mol. The molecule has 0 N–H and O–H groups in total. The first-order valence-corrected chi connectivity index (χ1v) is 11.2. The molecule has 28 heavy (non-hydrogen) atoms. The normalized spacial score (nSPS) is 11.9. The molecule has 138 valence electrons. The third-order valence-electron chi connectivity index (χ3n) is 5.39. The number of benzene rings is 4. The lowest BCUT2D eigenvalue weighted by atomic mass is 10.00. The molecule has 1 heteroatoms. The van der Waals surface area contributed by atoms with Gasteiger partial charge in [-0.2, -0.15) is 0 Å². The van der Waals surface area contributed by atoms with Crippen molar-refractivity contribution in [3.05, 3.63) is 120 Å². The highest BCUT2D eigenvalue weighted by molar-refractivity contribution is 14.1. The van der Waals surface area contributed by atoms with E-state index in [-0.39, 0.29) is 0 Å². The van der Waals surface area contributed by atoms with Crippen LogP contribution in [0.4, 0.5) is 0 Å². The van der Waals surface area contributed by atoms with Crippen LogP contribution in [0.2, 0.25) is 0 Å². The van der Waals surface area contributed by atoms with Gasteiger partial charge >= 0.3 is 0 Å². The molecule has 4 aromatic rings. The Morgan fingerprint density at radius 1 is 0.571 bits per heavy atom. The highest BCUT2D eigenvalue weighted by Gasteiger charge is 2.23. The summed E-state index contributed by atoms with van der Waals surface area (Å²) in [5.41, 5.74) is 9.81. The number of hydrogen-bond acceptors (Lipinski definition) is 0. The van der Waals surface area contributed by atoms with Crippen LogP contribution >= 0.6 is 22.6 Å². The Hall–Kier alpha value is -2.39. The molecule has 0 heterocycles. The topological polar surface area (TPSA) is 0 Å². The molecule has 0 fully saturated rings. The molecule has 5 rings (SSSR count). The van der Waals surface area contributed by atoms with E-state index in [2.05, 4.69) is 133 Å². The molecule has 4 aromatic carbocycles. The third kappa shape index (κ3) is 3.77. The summed E-state index contributed by atoms with van der Waals surface area (Å²) in [5.74, 6) is 0.558. The quantitative estimate of drug-likeness (QED) is 0.203. The molecule has 0 saturated heterocycles. The fraction of sp³-hybridized carbons (Fsp3) is 0.111. The molecular formula is C27H23I. The molecule has 0 bridgehead atoms. The lowest BCUT2D eigenvalue weighted by Crippen LogP contribution is -1.87. The van der Waals surface area contributed by atoms with Crippen molar-refractivity contribution in [1.29, 1.82) is 0 Å². The van der Waals surface area contributed by atoms with Gasteiger partial charge in [0.15, 0.2) is 0 Å². The van der Waals surface area contributed by atoms with Crippen LogP contribution in [-0.2, 0) is 4.43 Å². The van der Waals surface area contributed by atoms with Gasteiger partial charge in [-0.3, -0.25) is 0 Å². The zero-order chi connectivity index (χ0) is 19.3. The molecule has 0 aliphatic heterocycles. The molecule has 0 atom stereocenters. The summed E-state index contributed by atoms with van der Waals surface area (Å²) in [5, 5.41) is 0. The highest BCUT2D eigenvalue weighted by atomic mass is 127. The number of alkyl halides is 1. The van der Waals surface area contributed by atoms with Crippen LogP contribution in [-0.4, -0.2) is 0 Å². The zero-order valence-electron chi connectivity index (χ0n) is 16.0. The van der Waals surface area contributed by atoms with E-state index in [1.807, 2.05) is 0 Å². The Bertz CT molecular complexity index is 1010.